The summed E-state index contributed by atoms with van der Waals surface area (Å²) in [7, 11) is 0. The van der Waals surface area contributed by atoms with E-state index in [4.69, 9.17) is 5.11 Å². The van der Waals surface area contributed by atoms with E-state index in [2.05, 4.69) is 28.8 Å². The van der Waals surface area contributed by atoms with E-state index in [1.165, 1.54) is 5.69 Å². The normalized spacial score (nSPS) is 15.9. The van der Waals surface area contributed by atoms with E-state index in [1.54, 1.807) is 0 Å². The van der Waals surface area contributed by atoms with Crippen LogP contribution in [0.5, 0.6) is 0 Å². The fourth-order valence-electron chi connectivity index (χ4n) is 2.09. The van der Waals surface area contributed by atoms with Crippen molar-refractivity contribution < 1.29 is 5.11 Å². The van der Waals surface area contributed by atoms with Gasteiger partial charge in [0.2, 0.25) is 0 Å². The molecule has 0 aromatic carbocycles. The molecule has 1 aliphatic rings. The standard InChI is InChI=1S/C13H19N3O/c1-2-3-4-6-15-7-5-8-16-13(10-15)9-12(11-17)14-16/h9,17H,2,5-8,10-11H2,1H3. The predicted molar refractivity (Wildman–Crippen MR) is 66.1 cm³/mol. The van der Waals surface area contributed by atoms with Crippen molar-refractivity contribution in [2.75, 3.05) is 13.1 Å². The van der Waals surface area contributed by atoms with Gasteiger partial charge in [-0.1, -0.05) is 12.8 Å². The maximum Gasteiger partial charge on any atom is 0.0882 e. The van der Waals surface area contributed by atoms with Gasteiger partial charge in [0.25, 0.3) is 0 Å². The molecule has 0 spiro atoms. The molecule has 1 N–H and O–H groups in total. The van der Waals surface area contributed by atoms with Crippen LogP contribution in [0.15, 0.2) is 6.07 Å². The highest BCUT2D eigenvalue weighted by molar-refractivity contribution is 5.11. The van der Waals surface area contributed by atoms with Gasteiger partial charge < -0.3 is 5.11 Å². The van der Waals surface area contributed by atoms with Crippen molar-refractivity contribution in [2.24, 2.45) is 0 Å². The summed E-state index contributed by atoms with van der Waals surface area (Å²) in [4.78, 5) is 2.34. The smallest absolute Gasteiger partial charge is 0.0882 e. The zero-order chi connectivity index (χ0) is 12.1. The van der Waals surface area contributed by atoms with E-state index in [0.29, 0.717) is 0 Å². The summed E-state index contributed by atoms with van der Waals surface area (Å²) >= 11 is 0. The highest BCUT2D eigenvalue weighted by Gasteiger charge is 2.15. The molecule has 4 heteroatoms. The van der Waals surface area contributed by atoms with Crippen LogP contribution in [0, 0.1) is 11.8 Å². The van der Waals surface area contributed by atoms with Crippen molar-refractivity contribution in [1.29, 1.82) is 0 Å². The second kappa shape index (κ2) is 5.85. The van der Waals surface area contributed by atoms with Gasteiger partial charge in [-0.3, -0.25) is 9.58 Å². The molecule has 4 nitrogen and oxygen atoms in total. The Morgan fingerprint density at radius 3 is 3.06 bits per heavy atom. The van der Waals surface area contributed by atoms with Crippen molar-refractivity contribution in [3.63, 3.8) is 0 Å². The molecule has 92 valence electrons. The van der Waals surface area contributed by atoms with Crippen LogP contribution in [0.25, 0.3) is 0 Å². The molecule has 0 amide bonds. The lowest BCUT2D eigenvalue weighted by Gasteiger charge is -2.15. The lowest BCUT2D eigenvalue weighted by molar-refractivity contribution is 0.274. The zero-order valence-corrected chi connectivity index (χ0v) is 10.3. The van der Waals surface area contributed by atoms with E-state index in [1.807, 2.05) is 10.7 Å². The van der Waals surface area contributed by atoms with E-state index in [9.17, 15) is 0 Å². The summed E-state index contributed by atoms with van der Waals surface area (Å²) in [5.74, 6) is 6.28. The molecule has 0 saturated heterocycles. The second-order valence-electron chi connectivity index (χ2n) is 4.28. The first-order valence-corrected chi connectivity index (χ1v) is 6.18. The van der Waals surface area contributed by atoms with Gasteiger partial charge in [0, 0.05) is 26.1 Å². The molecule has 0 saturated carbocycles. The number of fused-ring (bicyclic) bond motifs is 1. The average molecular weight is 233 g/mol. The van der Waals surface area contributed by atoms with E-state index in [0.717, 1.165) is 44.7 Å². The average Bonchev–Trinajstić information content (AvgIpc) is 2.63. The van der Waals surface area contributed by atoms with Crippen LogP contribution in [-0.4, -0.2) is 32.9 Å². The Labute approximate surface area is 102 Å². The molecular formula is C13H19N3O. The minimum atomic E-state index is 0.0235. The van der Waals surface area contributed by atoms with E-state index < -0.39 is 0 Å². The maximum absolute atomic E-state index is 9.08. The number of aryl methyl sites for hydroxylation is 1. The van der Waals surface area contributed by atoms with Gasteiger partial charge in [0.15, 0.2) is 0 Å². The van der Waals surface area contributed by atoms with Crippen molar-refractivity contribution in [3.05, 3.63) is 17.5 Å². The Hall–Kier alpha value is -1.31. The zero-order valence-electron chi connectivity index (χ0n) is 10.3. The fourth-order valence-corrected chi connectivity index (χ4v) is 2.09. The van der Waals surface area contributed by atoms with Gasteiger partial charge in [-0.2, -0.15) is 5.10 Å². The van der Waals surface area contributed by atoms with Crippen LogP contribution in [0.1, 0.15) is 31.2 Å². The van der Waals surface area contributed by atoms with Crippen LogP contribution in [0.2, 0.25) is 0 Å². The minimum Gasteiger partial charge on any atom is -0.390 e. The van der Waals surface area contributed by atoms with Crippen molar-refractivity contribution in [1.82, 2.24) is 14.7 Å². The quantitative estimate of drug-likeness (QED) is 0.775. The molecule has 0 unspecified atom stereocenters. The van der Waals surface area contributed by atoms with Crippen LogP contribution in [0.3, 0.4) is 0 Å². The fraction of sp³-hybridized carbons (Fsp3) is 0.615. The highest BCUT2D eigenvalue weighted by Crippen LogP contribution is 2.13. The molecule has 17 heavy (non-hydrogen) atoms. The van der Waals surface area contributed by atoms with Crippen LogP contribution in [-0.2, 0) is 19.7 Å². The number of rotatable bonds is 2. The monoisotopic (exact) mass is 233 g/mol. The molecule has 1 aromatic heterocycles. The molecule has 0 bridgehead atoms. The van der Waals surface area contributed by atoms with Crippen molar-refractivity contribution in [3.8, 4) is 11.8 Å². The first-order valence-electron chi connectivity index (χ1n) is 6.18. The van der Waals surface area contributed by atoms with Gasteiger partial charge in [-0.05, 0) is 12.5 Å². The number of hydrogen-bond donors (Lipinski definition) is 1. The molecule has 0 atom stereocenters. The van der Waals surface area contributed by atoms with Gasteiger partial charge in [-0.15, -0.1) is 5.92 Å². The van der Waals surface area contributed by atoms with Crippen LogP contribution >= 0.6 is 0 Å². The highest BCUT2D eigenvalue weighted by atomic mass is 16.3. The molecule has 1 aromatic rings. The first-order chi connectivity index (χ1) is 8.33. The third-order valence-corrected chi connectivity index (χ3v) is 2.91. The Kier molecular flexibility index (Phi) is 4.18. The minimum absolute atomic E-state index is 0.0235. The van der Waals surface area contributed by atoms with Gasteiger partial charge in [-0.25, -0.2) is 0 Å². The Balaban J connectivity index is 2.05. The summed E-state index contributed by atoms with van der Waals surface area (Å²) in [6, 6.07) is 1.99. The summed E-state index contributed by atoms with van der Waals surface area (Å²) in [6.45, 7) is 5.80. The lowest BCUT2D eigenvalue weighted by Crippen LogP contribution is -2.23. The largest absolute Gasteiger partial charge is 0.390 e. The number of nitrogens with zero attached hydrogens (tertiary/aromatic N) is 3. The number of aliphatic hydroxyl groups is 1. The SMILES string of the molecule is CCC#CCN1CCCn2nc(CO)cc2C1. The van der Waals surface area contributed by atoms with Crippen molar-refractivity contribution in [2.45, 2.75) is 39.5 Å². The summed E-state index contributed by atoms with van der Waals surface area (Å²) in [5, 5.41) is 13.4. The number of aliphatic hydroxyl groups excluding tert-OH is 1. The van der Waals surface area contributed by atoms with Gasteiger partial charge in [0.1, 0.15) is 0 Å². The Morgan fingerprint density at radius 2 is 2.29 bits per heavy atom. The lowest BCUT2D eigenvalue weighted by atomic mass is 10.3. The number of hydrogen-bond acceptors (Lipinski definition) is 3. The number of aromatic nitrogens is 2. The molecule has 2 rings (SSSR count). The summed E-state index contributed by atoms with van der Waals surface area (Å²) in [5.41, 5.74) is 1.95. The van der Waals surface area contributed by atoms with Gasteiger partial charge in [0.05, 0.1) is 24.5 Å². The third-order valence-electron chi connectivity index (χ3n) is 2.91. The summed E-state index contributed by atoms with van der Waals surface area (Å²) in [6.07, 6.45) is 2.01. The third kappa shape index (κ3) is 3.09. The van der Waals surface area contributed by atoms with E-state index >= 15 is 0 Å². The molecule has 0 radical (unpaired) electrons. The van der Waals surface area contributed by atoms with Crippen LogP contribution < -0.4 is 0 Å². The van der Waals surface area contributed by atoms with Crippen molar-refractivity contribution >= 4 is 0 Å². The van der Waals surface area contributed by atoms with E-state index in [-0.39, 0.29) is 6.61 Å². The molecule has 1 aliphatic heterocycles. The first kappa shape index (κ1) is 12.2. The predicted octanol–water partition coefficient (Wildman–Crippen LogP) is 0.994. The van der Waals surface area contributed by atoms with Crippen LogP contribution in [0.4, 0.5) is 0 Å². The molecule has 0 fully saturated rings. The molecule has 2 heterocycles. The Bertz CT molecular complexity index is 428. The maximum atomic E-state index is 9.08. The summed E-state index contributed by atoms with van der Waals surface area (Å²) < 4.78 is 2.01. The topological polar surface area (TPSA) is 41.3 Å². The molecule has 0 aliphatic carbocycles. The Morgan fingerprint density at radius 1 is 1.41 bits per heavy atom. The molecular weight excluding hydrogens is 214 g/mol. The van der Waals surface area contributed by atoms with Gasteiger partial charge >= 0.3 is 0 Å². The second-order valence-corrected chi connectivity index (χ2v) is 4.28.